The Morgan fingerprint density at radius 3 is 1.17 bits per heavy atom. The second-order valence-corrected chi connectivity index (χ2v) is 22.3. The lowest BCUT2D eigenvalue weighted by atomic mass is 9.88. The summed E-state index contributed by atoms with van der Waals surface area (Å²) in [7, 11) is 0. The molecule has 6 N–H and O–H groups in total. The molecule has 10 heteroatoms. The molecule has 4 aromatic rings. The molecule has 4 fully saturated rings. The first-order valence-electron chi connectivity index (χ1n) is 30.1. The molecule has 0 radical (unpaired) electrons. The fourth-order valence-electron chi connectivity index (χ4n) is 10.9. The van der Waals surface area contributed by atoms with Crippen molar-refractivity contribution in [3.8, 4) is 23.0 Å². The third-order valence-corrected chi connectivity index (χ3v) is 15.6. The Labute approximate surface area is 466 Å². The highest BCUT2D eigenvalue weighted by molar-refractivity contribution is 5.48. The molecule has 0 saturated heterocycles. The summed E-state index contributed by atoms with van der Waals surface area (Å²) in [6.45, 7) is 12.3. The van der Waals surface area contributed by atoms with Gasteiger partial charge in [0.05, 0.1) is 56.9 Å². The number of benzene rings is 4. The molecule has 10 nitrogen and oxygen atoms in total. The van der Waals surface area contributed by atoms with Crippen LogP contribution in [0.3, 0.4) is 0 Å². The molecule has 4 saturated carbocycles. The van der Waals surface area contributed by atoms with E-state index in [4.69, 9.17) is 18.9 Å². The number of hydrogen-bond donors (Lipinski definition) is 6. The van der Waals surface area contributed by atoms with Crippen LogP contribution in [0.4, 0.5) is 5.69 Å². The summed E-state index contributed by atoms with van der Waals surface area (Å²) in [5, 5.41) is 52.6. The highest BCUT2D eigenvalue weighted by atomic mass is 16.5. The van der Waals surface area contributed by atoms with E-state index >= 15 is 0 Å². The van der Waals surface area contributed by atoms with Gasteiger partial charge in [-0.1, -0.05) is 142 Å². The van der Waals surface area contributed by atoms with Crippen molar-refractivity contribution in [2.75, 3.05) is 38.3 Å². The van der Waals surface area contributed by atoms with Gasteiger partial charge in [0.15, 0.2) is 0 Å². The van der Waals surface area contributed by atoms with Crippen LogP contribution < -0.4 is 24.3 Å². The lowest BCUT2D eigenvalue weighted by Gasteiger charge is -2.25. The van der Waals surface area contributed by atoms with Crippen LogP contribution in [-0.4, -0.2) is 70.7 Å². The highest BCUT2D eigenvalue weighted by Crippen LogP contribution is 2.31. The molecule has 0 aromatic heterocycles. The predicted molar refractivity (Wildman–Crippen MR) is 317 cm³/mol. The van der Waals surface area contributed by atoms with Crippen molar-refractivity contribution in [3.05, 3.63) is 114 Å². The van der Waals surface area contributed by atoms with Crippen LogP contribution in [0.2, 0.25) is 0 Å². The molecular weight excluding hydrogens is 963 g/mol. The summed E-state index contributed by atoms with van der Waals surface area (Å²) in [4.78, 5) is 0. The third kappa shape index (κ3) is 26.0. The maximum Gasteiger partial charge on any atom is 0.121 e. The smallest absolute Gasteiger partial charge is 0.121 e. The van der Waals surface area contributed by atoms with Crippen LogP contribution in [0.15, 0.2) is 97.1 Å². The molecule has 8 rings (SSSR count). The van der Waals surface area contributed by atoms with Crippen LogP contribution >= 0.6 is 0 Å². The minimum Gasteiger partial charge on any atom is -0.493 e. The van der Waals surface area contributed by atoms with Crippen molar-refractivity contribution in [1.29, 1.82) is 0 Å². The van der Waals surface area contributed by atoms with Gasteiger partial charge in [0, 0.05) is 18.3 Å². The van der Waals surface area contributed by atoms with Crippen molar-refractivity contribution in [2.45, 2.75) is 220 Å². The lowest BCUT2D eigenvalue weighted by Crippen LogP contribution is -2.24. The molecular formula is C67H105NO9. The SMILES string of the molecule is C.CCC(O)c1cccc(OCC2CCCCC2)c1.CCCNc1cccc(OCC2CCCCC2)c1.CCC[C@@H](O)c1cccc(OC[C@@H]2CCC[C@H](O)C2)c1.CCC[C@@H](O)c1cccc(OC[C@H]2CCC[C@@H](O)C2)c1. The molecule has 0 heterocycles. The van der Waals surface area contributed by atoms with Gasteiger partial charge >= 0.3 is 0 Å². The Hall–Kier alpha value is -4.32. The lowest BCUT2D eigenvalue weighted by molar-refractivity contribution is 0.0807. The first-order chi connectivity index (χ1) is 37.0. The second-order valence-electron chi connectivity index (χ2n) is 22.3. The molecule has 0 amide bonds. The summed E-state index contributed by atoms with van der Waals surface area (Å²) in [5.41, 5.74) is 3.97. The molecule has 0 bridgehead atoms. The van der Waals surface area contributed by atoms with Gasteiger partial charge in [-0.05, 0) is 179 Å². The minimum absolute atomic E-state index is 0. The number of anilines is 1. The van der Waals surface area contributed by atoms with Gasteiger partial charge in [-0.15, -0.1) is 0 Å². The predicted octanol–water partition coefficient (Wildman–Crippen LogP) is 16.1. The molecule has 77 heavy (non-hydrogen) atoms. The molecule has 4 aromatic carbocycles. The highest BCUT2D eigenvalue weighted by Gasteiger charge is 2.22. The fourth-order valence-corrected chi connectivity index (χ4v) is 10.9. The van der Waals surface area contributed by atoms with Crippen LogP contribution in [0, 0.1) is 23.7 Å². The fraction of sp³-hybridized carbons (Fsp3) is 0.642. The number of nitrogens with one attached hydrogen (secondary N) is 1. The molecule has 0 aliphatic heterocycles. The maximum atomic E-state index is 10.0. The topological polar surface area (TPSA) is 150 Å². The summed E-state index contributed by atoms with van der Waals surface area (Å²) < 4.78 is 23.5. The number of rotatable bonds is 23. The van der Waals surface area contributed by atoms with Gasteiger partial charge in [0.2, 0.25) is 0 Å². The Bertz CT molecular complexity index is 2030. The van der Waals surface area contributed by atoms with E-state index in [0.29, 0.717) is 25.0 Å². The van der Waals surface area contributed by atoms with E-state index in [1.165, 1.54) is 64.2 Å². The second kappa shape index (κ2) is 38.3. The third-order valence-electron chi connectivity index (χ3n) is 15.6. The van der Waals surface area contributed by atoms with Gasteiger partial charge in [0.1, 0.15) is 23.0 Å². The van der Waals surface area contributed by atoms with Crippen LogP contribution in [0.25, 0.3) is 0 Å². The Balaban J connectivity index is 0.000000221. The van der Waals surface area contributed by atoms with Gasteiger partial charge in [-0.2, -0.15) is 0 Å². The largest absolute Gasteiger partial charge is 0.493 e. The first-order valence-corrected chi connectivity index (χ1v) is 30.1. The number of aliphatic hydroxyl groups is 5. The van der Waals surface area contributed by atoms with Crippen LogP contribution in [-0.2, 0) is 0 Å². The van der Waals surface area contributed by atoms with Crippen LogP contribution in [0.5, 0.6) is 23.0 Å². The van der Waals surface area contributed by atoms with Crippen molar-refractivity contribution in [2.24, 2.45) is 23.7 Å². The number of ether oxygens (including phenoxy) is 4. The zero-order valence-electron chi connectivity index (χ0n) is 47.3. The van der Waals surface area contributed by atoms with E-state index in [9.17, 15) is 25.5 Å². The van der Waals surface area contributed by atoms with E-state index in [2.05, 4.69) is 50.4 Å². The zero-order chi connectivity index (χ0) is 54.2. The minimum atomic E-state index is -0.403. The van der Waals surface area contributed by atoms with E-state index in [1.807, 2.05) is 79.7 Å². The number of hydrogen-bond acceptors (Lipinski definition) is 10. The van der Waals surface area contributed by atoms with Crippen molar-refractivity contribution >= 4 is 5.69 Å². The van der Waals surface area contributed by atoms with E-state index < -0.39 is 12.2 Å². The number of aliphatic hydroxyl groups excluding tert-OH is 5. The summed E-state index contributed by atoms with van der Waals surface area (Å²) in [6, 6.07) is 31.7. The molecule has 1 unspecified atom stereocenters. The van der Waals surface area contributed by atoms with E-state index in [-0.39, 0.29) is 25.7 Å². The Kier molecular flexibility index (Phi) is 32.4. The summed E-state index contributed by atoms with van der Waals surface area (Å²) in [5.74, 6) is 5.91. The van der Waals surface area contributed by atoms with E-state index in [1.54, 1.807) is 0 Å². The summed E-state index contributed by atoms with van der Waals surface area (Å²) >= 11 is 0. The Morgan fingerprint density at radius 1 is 0.429 bits per heavy atom. The van der Waals surface area contributed by atoms with Gasteiger partial charge in [0.25, 0.3) is 0 Å². The molecule has 0 spiro atoms. The van der Waals surface area contributed by atoms with Crippen molar-refractivity contribution < 1.29 is 44.5 Å². The zero-order valence-corrected chi connectivity index (χ0v) is 47.3. The molecule has 4 aliphatic rings. The normalized spacial score (nSPS) is 20.8. The van der Waals surface area contributed by atoms with Gasteiger partial charge < -0.3 is 49.8 Å². The van der Waals surface area contributed by atoms with Gasteiger partial charge in [-0.3, -0.25) is 0 Å². The molecule has 4 aliphatic carbocycles. The van der Waals surface area contributed by atoms with E-state index in [0.717, 1.165) is 167 Å². The summed E-state index contributed by atoms with van der Waals surface area (Å²) in [6.07, 6.45) is 25.4. The maximum absolute atomic E-state index is 10.0. The average molecular weight is 1070 g/mol. The molecule has 432 valence electrons. The average Bonchev–Trinajstić information content (AvgIpc) is 3.46. The van der Waals surface area contributed by atoms with Crippen molar-refractivity contribution in [1.82, 2.24) is 0 Å². The monoisotopic (exact) mass is 1070 g/mol. The molecule has 7 atom stereocenters. The first kappa shape index (κ1) is 65.2. The Morgan fingerprint density at radius 2 is 0.792 bits per heavy atom. The quantitative estimate of drug-likeness (QED) is 0.0424. The standard InChI is InChI=1S/2C17H26O3.C16H25NO.C16H24O2.CH4/c2*1-2-5-17(19)14-7-4-9-16(11-14)20-12-13-6-3-8-15(18)10-13;1-2-11-17-15-9-6-10-16(12-15)18-13-14-7-4-3-5-8-14;1-2-16(17)14-9-6-10-15(11-14)18-12-13-7-4-3-5-8-13;/h2*4,7,9,11,13,15,17-19H,2-3,5-6,8,10,12H2,1H3;6,9-10,12,14,17H,2-5,7-8,11,13H2,1H3;6,9-11,13,16-17H,2-5,7-8,12H2,1H3;1H4/t13-,15+,17+;13-,15+,17-;;;/m01.../s1. The van der Waals surface area contributed by atoms with Crippen LogP contribution in [0.1, 0.15) is 224 Å². The van der Waals surface area contributed by atoms with Crippen molar-refractivity contribution in [3.63, 3.8) is 0 Å². The van der Waals surface area contributed by atoms with Gasteiger partial charge in [-0.25, -0.2) is 0 Å².